The lowest BCUT2D eigenvalue weighted by Gasteiger charge is -2.11. The van der Waals surface area contributed by atoms with Crippen molar-refractivity contribution in [3.63, 3.8) is 0 Å². The van der Waals surface area contributed by atoms with Gasteiger partial charge in [0.15, 0.2) is 0 Å². The molecule has 0 fully saturated rings. The lowest BCUT2D eigenvalue weighted by molar-refractivity contribution is 0.0643. The topological polar surface area (TPSA) is 47.9 Å². The summed E-state index contributed by atoms with van der Waals surface area (Å²) in [6, 6.07) is 5.32. The van der Waals surface area contributed by atoms with Crippen LogP contribution in [0.3, 0.4) is 0 Å². The molecule has 0 heterocycles. The number of ether oxygens (including phenoxy) is 3. The smallest absolute Gasteiger partial charge is 0.126 e. The molecule has 1 aromatic rings. The number of hydrogen-bond acceptors (Lipinski definition) is 4. The van der Waals surface area contributed by atoms with Gasteiger partial charge in [-0.2, -0.15) is 0 Å². The first-order chi connectivity index (χ1) is 8.79. The predicted molar refractivity (Wildman–Crippen MR) is 70.2 cm³/mol. The summed E-state index contributed by atoms with van der Waals surface area (Å²) in [5, 5.41) is 9.72. The van der Waals surface area contributed by atoms with E-state index in [1.54, 1.807) is 25.3 Å². The fourth-order valence-electron chi connectivity index (χ4n) is 1.41. The summed E-state index contributed by atoms with van der Waals surface area (Å²) in [5.41, 5.74) is 0.625. The minimum atomic E-state index is -0.126. The zero-order chi connectivity index (χ0) is 13.2. The normalized spacial score (nSPS) is 10.6. The van der Waals surface area contributed by atoms with E-state index >= 15 is 0 Å². The SMILES string of the molecule is COCCOCCCOc1cccc(Cl)c1CO. The summed E-state index contributed by atoms with van der Waals surface area (Å²) in [4.78, 5) is 0. The van der Waals surface area contributed by atoms with Crippen LogP contribution in [0, 0.1) is 0 Å². The van der Waals surface area contributed by atoms with Gasteiger partial charge in [-0.3, -0.25) is 0 Å². The van der Waals surface area contributed by atoms with Crippen LogP contribution in [0.4, 0.5) is 0 Å². The molecule has 5 heteroatoms. The third-order valence-electron chi connectivity index (χ3n) is 2.36. The van der Waals surface area contributed by atoms with Crippen LogP contribution in [0.2, 0.25) is 5.02 Å². The van der Waals surface area contributed by atoms with Crippen LogP contribution in [0.1, 0.15) is 12.0 Å². The van der Waals surface area contributed by atoms with Gasteiger partial charge in [-0.15, -0.1) is 0 Å². The molecule has 0 amide bonds. The summed E-state index contributed by atoms with van der Waals surface area (Å²) in [6.45, 7) is 2.22. The van der Waals surface area contributed by atoms with Crippen LogP contribution in [0.5, 0.6) is 5.75 Å². The molecule has 0 spiro atoms. The molecule has 18 heavy (non-hydrogen) atoms. The molecule has 0 bridgehead atoms. The summed E-state index contributed by atoms with van der Waals surface area (Å²) < 4.78 is 15.7. The van der Waals surface area contributed by atoms with Crippen molar-refractivity contribution in [2.45, 2.75) is 13.0 Å². The van der Waals surface area contributed by atoms with Crippen molar-refractivity contribution in [3.05, 3.63) is 28.8 Å². The summed E-state index contributed by atoms with van der Waals surface area (Å²) in [7, 11) is 1.64. The summed E-state index contributed by atoms with van der Waals surface area (Å²) >= 11 is 5.95. The van der Waals surface area contributed by atoms with Gasteiger partial charge in [0.25, 0.3) is 0 Å². The highest BCUT2D eigenvalue weighted by atomic mass is 35.5. The molecule has 0 aliphatic heterocycles. The van der Waals surface area contributed by atoms with Crippen LogP contribution >= 0.6 is 11.6 Å². The molecule has 0 radical (unpaired) electrons. The molecular formula is C13H19ClO4. The van der Waals surface area contributed by atoms with E-state index in [1.807, 2.05) is 0 Å². The third-order valence-corrected chi connectivity index (χ3v) is 2.71. The lowest BCUT2D eigenvalue weighted by atomic mass is 10.2. The summed E-state index contributed by atoms with van der Waals surface area (Å²) in [6.07, 6.45) is 0.779. The second-order valence-corrected chi connectivity index (χ2v) is 4.09. The van der Waals surface area contributed by atoms with Crippen LogP contribution in [0.15, 0.2) is 18.2 Å². The Kier molecular flexibility index (Phi) is 7.76. The van der Waals surface area contributed by atoms with Crippen molar-refractivity contribution in [2.75, 3.05) is 33.5 Å². The molecule has 0 saturated heterocycles. The fraction of sp³-hybridized carbons (Fsp3) is 0.538. The van der Waals surface area contributed by atoms with Crippen LogP contribution in [-0.2, 0) is 16.1 Å². The number of aliphatic hydroxyl groups is 1. The van der Waals surface area contributed by atoms with Crippen LogP contribution < -0.4 is 4.74 Å². The first kappa shape index (κ1) is 15.2. The monoisotopic (exact) mass is 274 g/mol. The van der Waals surface area contributed by atoms with Gasteiger partial charge >= 0.3 is 0 Å². The number of methoxy groups -OCH3 is 1. The molecule has 0 saturated carbocycles. The van der Waals surface area contributed by atoms with E-state index in [4.69, 9.17) is 25.8 Å². The first-order valence-electron chi connectivity index (χ1n) is 5.87. The maximum Gasteiger partial charge on any atom is 0.126 e. The van der Waals surface area contributed by atoms with Crippen molar-refractivity contribution in [1.29, 1.82) is 0 Å². The largest absolute Gasteiger partial charge is 0.493 e. The van der Waals surface area contributed by atoms with Gasteiger partial charge in [-0.05, 0) is 12.1 Å². The van der Waals surface area contributed by atoms with Gasteiger partial charge < -0.3 is 19.3 Å². The van der Waals surface area contributed by atoms with Gasteiger partial charge in [0.2, 0.25) is 0 Å². The molecule has 0 atom stereocenters. The van der Waals surface area contributed by atoms with Gasteiger partial charge in [-0.1, -0.05) is 17.7 Å². The highest BCUT2D eigenvalue weighted by Gasteiger charge is 2.06. The number of aliphatic hydroxyl groups excluding tert-OH is 1. The maximum atomic E-state index is 9.20. The average molecular weight is 275 g/mol. The summed E-state index contributed by atoms with van der Waals surface area (Å²) in [5.74, 6) is 0.627. The molecule has 1 rings (SSSR count). The minimum Gasteiger partial charge on any atom is -0.493 e. The molecule has 1 N–H and O–H groups in total. The van der Waals surface area contributed by atoms with Gasteiger partial charge in [0.1, 0.15) is 5.75 Å². The van der Waals surface area contributed by atoms with E-state index in [2.05, 4.69) is 0 Å². The number of benzene rings is 1. The second kappa shape index (κ2) is 9.16. The molecule has 1 aromatic carbocycles. The Morgan fingerprint density at radius 1 is 1.17 bits per heavy atom. The van der Waals surface area contributed by atoms with Crippen LogP contribution in [0.25, 0.3) is 0 Å². The second-order valence-electron chi connectivity index (χ2n) is 3.68. The Morgan fingerprint density at radius 3 is 2.72 bits per heavy atom. The number of rotatable bonds is 9. The molecule has 102 valence electrons. The average Bonchev–Trinajstić information content (AvgIpc) is 2.38. The molecule has 4 nitrogen and oxygen atoms in total. The van der Waals surface area contributed by atoms with E-state index in [-0.39, 0.29) is 6.61 Å². The van der Waals surface area contributed by atoms with E-state index in [9.17, 15) is 5.11 Å². The molecule has 0 aliphatic carbocycles. The van der Waals surface area contributed by atoms with Crippen molar-refractivity contribution < 1.29 is 19.3 Å². The van der Waals surface area contributed by atoms with Gasteiger partial charge in [0.05, 0.1) is 26.4 Å². The Labute approximate surface area is 112 Å². The highest BCUT2D eigenvalue weighted by molar-refractivity contribution is 6.31. The Balaban J connectivity index is 2.25. The maximum absolute atomic E-state index is 9.20. The third kappa shape index (κ3) is 5.23. The minimum absolute atomic E-state index is 0.126. The van der Waals surface area contributed by atoms with E-state index in [1.165, 1.54) is 0 Å². The first-order valence-corrected chi connectivity index (χ1v) is 6.25. The standard InChI is InChI=1S/C13H19ClO4/c1-16-8-9-17-6-3-7-18-13-5-2-4-12(14)11(13)10-15/h2,4-5,15H,3,6-10H2,1H3. The quantitative estimate of drug-likeness (QED) is 0.702. The number of halogens is 1. The van der Waals surface area contributed by atoms with Crippen molar-refractivity contribution >= 4 is 11.6 Å². The predicted octanol–water partition coefficient (Wildman–Crippen LogP) is 2.26. The number of hydrogen-bond donors (Lipinski definition) is 1. The van der Waals surface area contributed by atoms with E-state index in [0.717, 1.165) is 6.42 Å². The van der Waals surface area contributed by atoms with Crippen molar-refractivity contribution in [2.24, 2.45) is 0 Å². The molecule has 0 unspecified atom stereocenters. The lowest BCUT2D eigenvalue weighted by Crippen LogP contribution is -2.07. The van der Waals surface area contributed by atoms with Gasteiger partial charge in [0, 0.05) is 30.7 Å². The molecule has 0 aliphatic rings. The van der Waals surface area contributed by atoms with Crippen LogP contribution in [-0.4, -0.2) is 38.6 Å². The fourth-order valence-corrected chi connectivity index (χ4v) is 1.64. The van der Waals surface area contributed by atoms with E-state index < -0.39 is 0 Å². The van der Waals surface area contributed by atoms with Crippen molar-refractivity contribution in [3.8, 4) is 5.75 Å². The molecular weight excluding hydrogens is 256 g/mol. The van der Waals surface area contributed by atoms with E-state index in [0.29, 0.717) is 42.8 Å². The zero-order valence-electron chi connectivity index (χ0n) is 10.5. The molecule has 0 aromatic heterocycles. The van der Waals surface area contributed by atoms with Gasteiger partial charge in [-0.25, -0.2) is 0 Å². The Morgan fingerprint density at radius 2 is 2.00 bits per heavy atom. The van der Waals surface area contributed by atoms with Crippen molar-refractivity contribution in [1.82, 2.24) is 0 Å². The Bertz CT molecular complexity index is 344. The highest BCUT2D eigenvalue weighted by Crippen LogP contribution is 2.26. The zero-order valence-corrected chi connectivity index (χ0v) is 11.3. The Hall–Kier alpha value is -0.810.